The van der Waals surface area contributed by atoms with Crippen LogP contribution in [0.2, 0.25) is 0 Å². The predicted molar refractivity (Wildman–Crippen MR) is 64.4 cm³/mol. The Bertz CT molecular complexity index is 352. The van der Waals surface area contributed by atoms with Crippen molar-refractivity contribution in [2.75, 3.05) is 27.3 Å². The zero-order valence-electron chi connectivity index (χ0n) is 9.95. The van der Waals surface area contributed by atoms with Crippen LogP contribution >= 0.6 is 0 Å². The standard InChI is InChI=1S/C13H19NO2/c1-14-7-3-4-10-9-16-13-6-5-11(15-2)8-12(10)13/h5-6,8,10,14H,3-4,7,9H2,1-2H3. The molecule has 2 rings (SSSR count). The second-order valence-electron chi connectivity index (χ2n) is 4.16. The van der Waals surface area contributed by atoms with Crippen molar-refractivity contribution in [2.45, 2.75) is 18.8 Å². The van der Waals surface area contributed by atoms with Crippen LogP contribution in [0, 0.1) is 0 Å². The van der Waals surface area contributed by atoms with Crippen LogP contribution in [-0.4, -0.2) is 27.3 Å². The van der Waals surface area contributed by atoms with Gasteiger partial charge in [-0.25, -0.2) is 0 Å². The van der Waals surface area contributed by atoms with Gasteiger partial charge >= 0.3 is 0 Å². The number of rotatable bonds is 5. The maximum atomic E-state index is 5.67. The van der Waals surface area contributed by atoms with Crippen LogP contribution in [0.3, 0.4) is 0 Å². The highest BCUT2D eigenvalue weighted by Gasteiger charge is 2.23. The number of hydrogen-bond acceptors (Lipinski definition) is 3. The average Bonchev–Trinajstić information content (AvgIpc) is 2.72. The summed E-state index contributed by atoms with van der Waals surface area (Å²) in [5, 5.41) is 3.17. The summed E-state index contributed by atoms with van der Waals surface area (Å²) in [7, 11) is 3.69. The Labute approximate surface area is 96.8 Å². The molecule has 1 aromatic carbocycles. The Kier molecular flexibility index (Phi) is 3.67. The van der Waals surface area contributed by atoms with E-state index in [-0.39, 0.29) is 0 Å². The Balaban J connectivity index is 2.05. The maximum absolute atomic E-state index is 5.67. The summed E-state index contributed by atoms with van der Waals surface area (Å²) in [6.07, 6.45) is 2.35. The van der Waals surface area contributed by atoms with Gasteiger partial charge in [0.05, 0.1) is 13.7 Å². The third kappa shape index (κ3) is 2.30. The molecule has 88 valence electrons. The predicted octanol–water partition coefficient (Wildman–Crippen LogP) is 2.17. The first-order chi connectivity index (χ1) is 7.85. The second kappa shape index (κ2) is 5.21. The Hall–Kier alpha value is -1.22. The Morgan fingerprint density at radius 3 is 3.12 bits per heavy atom. The number of benzene rings is 1. The van der Waals surface area contributed by atoms with Gasteiger partial charge in [-0.1, -0.05) is 0 Å². The lowest BCUT2D eigenvalue weighted by Gasteiger charge is -2.09. The molecule has 0 bridgehead atoms. The second-order valence-corrected chi connectivity index (χ2v) is 4.16. The van der Waals surface area contributed by atoms with Crippen molar-refractivity contribution in [3.8, 4) is 11.5 Å². The van der Waals surface area contributed by atoms with Crippen LogP contribution in [0.15, 0.2) is 18.2 Å². The van der Waals surface area contributed by atoms with E-state index in [0.29, 0.717) is 5.92 Å². The van der Waals surface area contributed by atoms with Gasteiger partial charge in [-0.15, -0.1) is 0 Å². The summed E-state index contributed by atoms with van der Waals surface area (Å²) in [5.41, 5.74) is 1.30. The minimum absolute atomic E-state index is 0.526. The summed E-state index contributed by atoms with van der Waals surface area (Å²) in [6.45, 7) is 1.88. The molecule has 0 saturated carbocycles. The molecule has 1 aliphatic heterocycles. The maximum Gasteiger partial charge on any atom is 0.123 e. The van der Waals surface area contributed by atoms with Crippen molar-refractivity contribution in [3.05, 3.63) is 23.8 Å². The van der Waals surface area contributed by atoms with Crippen LogP contribution in [0.5, 0.6) is 11.5 Å². The number of hydrogen-bond donors (Lipinski definition) is 1. The molecule has 16 heavy (non-hydrogen) atoms. The van der Waals surface area contributed by atoms with Crippen LogP contribution in [0.1, 0.15) is 24.3 Å². The molecule has 3 nitrogen and oxygen atoms in total. The molecule has 0 fully saturated rings. The highest BCUT2D eigenvalue weighted by atomic mass is 16.5. The van der Waals surface area contributed by atoms with Gasteiger partial charge in [-0.2, -0.15) is 0 Å². The topological polar surface area (TPSA) is 30.5 Å². The highest BCUT2D eigenvalue weighted by Crippen LogP contribution is 2.38. The zero-order valence-corrected chi connectivity index (χ0v) is 9.95. The third-order valence-electron chi connectivity index (χ3n) is 3.08. The van der Waals surface area contributed by atoms with Crippen LogP contribution in [-0.2, 0) is 0 Å². The third-order valence-corrected chi connectivity index (χ3v) is 3.08. The van der Waals surface area contributed by atoms with Gasteiger partial charge in [0.25, 0.3) is 0 Å². The van der Waals surface area contributed by atoms with E-state index < -0.39 is 0 Å². The monoisotopic (exact) mass is 221 g/mol. The van der Waals surface area contributed by atoms with Gasteiger partial charge < -0.3 is 14.8 Å². The molecule has 1 N–H and O–H groups in total. The van der Waals surface area contributed by atoms with E-state index in [1.807, 2.05) is 19.2 Å². The summed E-state index contributed by atoms with van der Waals surface area (Å²) in [6, 6.07) is 6.06. The molecule has 1 unspecified atom stereocenters. The van der Waals surface area contributed by atoms with E-state index in [1.165, 1.54) is 18.4 Å². The molecule has 0 radical (unpaired) electrons. The van der Waals surface area contributed by atoms with Crippen LogP contribution in [0.4, 0.5) is 0 Å². The van der Waals surface area contributed by atoms with Crippen LogP contribution in [0.25, 0.3) is 0 Å². The largest absolute Gasteiger partial charge is 0.497 e. The van der Waals surface area contributed by atoms with E-state index in [9.17, 15) is 0 Å². The minimum atomic E-state index is 0.526. The number of nitrogens with one attached hydrogen (secondary N) is 1. The minimum Gasteiger partial charge on any atom is -0.497 e. The number of ether oxygens (including phenoxy) is 2. The molecule has 0 aromatic heterocycles. The molecule has 1 atom stereocenters. The Morgan fingerprint density at radius 1 is 1.50 bits per heavy atom. The van der Waals surface area contributed by atoms with E-state index in [1.54, 1.807) is 7.11 Å². The molecular formula is C13H19NO2. The fraction of sp³-hybridized carbons (Fsp3) is 0.538. The zero-order chi connectivity index (χ0) is 11.4. The van der Waals surface area contributed by atoms with Crippen molar-refractivity contribution >= 4 is 0 Å². The highest BCUT2D eigenvalue weighted by molar-refractivity contribution is 5.44. The van der Waals surface area contributed by atoms with E-state index in [4.69, 9.17) is 9.47 Å². The summed E-state index contributed by atoms with van der Waals surface area (Å²) in [4.78, 5) is 0. The van der Waals surface area contributed by atoms with E-state index >= 15 is 0 Å². The van der Waals surface area contributed by atoms with Gasteiger partial charge in [-0.05, 0) is 44.6 Å². The summed E-state index contributed by atoms with van der Waals surface area (Å²) in [5.74, 6) is 2.47. The lowest BCUT2D eigenvalue weighted by atomic mass is 9.96. The molecule has 0 spiro atoms. The van der Waals surface area contributed by atoms with Gasteiger partial charge in [-0.3, -0.25) is 0 Å². The van der Waals surface area contributed by atoms with Crippen molar-refractivity contribution in [3.63, 3.8) is 0 Å². The first-order valence-corrected chi connectivity index (χ1v) is 5.80. The number of methoxy groups -OCH3 is 1. The SMILES string of the molecule is CNCCCC1COc2ccc(OC)cc21. The van der Waals surface area contributed by atoms with Gasteiger partial charge in [0, 0.05) is 11.5 Å². The van der Waals surface area contributed by atoms with Crippen LogP contribution < -0.4 is 14.8 Å². The molecule has 1 aliphatic rings. The molecular weight excluding hydrogens is 202 g/mol. The molecule has 0 saturated heterocycles. The van der Waals surface area contributed by atoms with E-state index in [0.717, 1.165) is 24.7 Å². The van der Waals surface area contributed by atoms with E-state index in [2.05, 4.69) is 11.4 Å². The van der Waals surface area contributed by atoms with Crippen molar-refractivity contribution < 1.29 is 9.47 Å². The smallest absolute Gasteiger partial charge is 0.123 e. The summed E-state index contributed by atoms with van der Waals surface area (Å²) >= 11 is 0. The normalized spacial score (nSPS) is 18.0. The first-order valence-electron chi connectivity index (χ1n) is 5.80. The summed E-state index contributed by atoms with van der Waals surface area (Å²) < 4.78 is 10.9. The average molecular weight is 221 g/mol. The molecule has 1 aromatic rings. The lowest BCUT2D eigenvalue weighted by Crippen LogP contribution is -2.10. The molecule has 1 heterocycles. The number of fused-ring (bicyclic) bond motifs is 1. The molecule has 0 amide bonds. The van der Waals surface area contributed by atoms with Gasteiger partial charge in [0.2, 0.25) is 0 Å². The van der Waals surface area contributed by atoms with Gasteiger partial charge in [0.15, 0.2) is 0 Å². The fourth-order valence-electron chi connectivity index (χ4n) is 2.15. The Morgan fingerprint density at radius 2 is 2.38 bits per heavy atom. The van der Waals surface area contributed by atoms with Crippen molar-refractivity contribution in [1.29, 1.82) is 0 Å². The first kappa shape index (κ1) is 11.3. The fourth-order valence-corrected chi connectivity index (χ4v) is 2.15. The van der Waals surface area contributed by atoms with Gasteiger partial charge in [0.1, 0.15) is 11.5 Å². The van der Waals surface area contributed by atoms with Crippen molar-refractivity contribution in [1.82, 2.24) is 5.32 Å². The lowest BCUT2D eigenvalue weighted by molar-refractivity contribution is 0.323. The van der Waals surface area contributed by atoms with Crippen molar-refractivity contribution in [2.24, 2.45) is 0 Å². The molecule has 3 heteroatoms. The quantitative estimate of drug-likeness (QED) is 0.773. The molecule has 0 aliphatic carbocycles.